The van der Waals surface area contributed by atoms with E-state index >= 15 is 0 Å². The van der Waals surface area contributed by atoms with Gasteiger partial charge < -0.3 is 10.2 Å². The molecule has 2 unspecified atom stereocenters. The predicted molar refractivity (Wildman–Crippen MR) is 86.8 cm³/mol. The molecular weight excluding hydrogens is 293 g/mol. The summed E-state index contributed by atoms with van der Waals surface area (Å²) in [5.74, 6) is 0. The average molecular weight is 316 g/mol. The van der Waals surface area contributed by atoms with Crippen molar-refractivity contribution in [3.05, 3.63) is 33.8 Å². The highest BCUT2D eigenvalue weighted by molar-refractivity contribution is 6.42. The summed E-state index contributed by atoms with van der Waals surface area (Å²) in [7, 11) is 4.37. The third-order valence-corrected chi connectivity index (χ3v) is 4.92. The SMILES string of the molecule is CC(NCC1CN(C)CCN1C)c1cccc(Cl)c1Cl. The lowest BCUT2D eigenvalue weighted by Gasteiger charge is -2.38. The Bertz CT molecular complexity index is 453. The maximum Gasteiger partial charge on any atom is 0.0639 e. The largest absolute Gasteiger partial charge is 0.309 e. The number of hydrogen-bond donors (Lipinski definition) is 1. The monoisotopic (exact) mass is 315 g/mol. The van der Waals surface area contributed by atoms with E-state index < -0.39 is 0 Å². The topological polar surface area (TPSA) is 18.5 Å². The molecule has 1 aromatic rings. The van der Waals surface area contributed by atoms with Crippen LogP contribution in [0.5, 0.6) is 0 Å². The molecule has 2 atom stereocenters. The smallest absolute Gasteiger partial charge is 0.0639 e. The molecule has 0 aromatic heterocycles. The van der Waals surface area contributed by atoms with Gasteiger partial charge in [0.05, 0.1) is 10.0 Å². The summed E-state index contributed by atoms with van der Waals surface area (Å²) >= 11 is 12.3. The minimum Gasteiger partial charge on any atom is -0.309 e. The van der Waals surface area contributed by atoms with Crippen molar-refractivity contribution in [1.82, 2.24) is 15.1 Å². The van der Waals surface area contributed by atoms with Crippen LogP contribution >= 0.6 is 23.2 Å². The second-order valence-electron chi connectivity index (χ2n) is 5.67. The Hall–Kier alpha value is -0.320. The summed E-state index contributed by atoms with van der Waals surface area (Å²) in [6, 6.07) is 6.53. The molecule has 2 rings (SSSR count). The van der Waals surface area contributed by atoms with Crippen LogP contribution in [-0.4, -0.2) is 56.1 Å². The van der Waals surface area contributed by atoms with Crippen molar-refractivity contribution >= 4 is 23.2 Å². The lowest BCUT2D eigenvalue weighted by Crippen LogP contribution is -2.53. The van der Waals surface area contributed by atoms with E-state index in [1.165, 1.54) is 0 Å². The molecule has 0 saturated carbocycles. The second kappa shape index (κ2) is 7.10. The van der Waals surface area contributed by atoms with Gasteiger partial charge in [-0.3, -0.25) is 4.90 Å². The number of piperazine rings is 1. The number of nitrogens with one attached hydrogen (secondary N) is 1. The van der Waals surface area contributed by atoms with Crippen molar-refractivity contribution < 1.29 is 0 Å². The summed E-state index contributed by atoms with van der Waals surface area (Å²) in [5.41, 5.74) is 1.06. The van der Waals surface area contributed by atoms with Gasteiger partial charge in [-0.1, -0.05) is 35.3 Å². The lowest BCUT2D eigenvalue weighted by molar-refractivity contribution is 0.112. The standard InChI is InChI=1S/C15H23Cl2N3/c1-11(13-5-4-6-14(16)15(13)17)18-9-12-10-19(2)7-8-20(12)3/h4-6,11-12,18H,7-10H2,1-3H3. The highest BCUT2D eigenvalue weighted by Gasteiger charge is 2.22. The summed E-state index contributed by atoms with van der Waals surface area (Å²) < 4.78 is 0. The molecule has 0 radical (unpaired) electrons. The first-order chi connectivity index (χ1) is 9.49. The van der Waals surface area contributed by atoms with E-state index in [0.29, 0.717) is 16.1 Å². The van der Waals surface area contributed by atoms with E-state index in [2.05, 4.69) is 36.1 Å². The van der Waals surface area contributed by atoms with Crippen molar-refractivity contribution in [3.63, 3.8) is 0 Å². The fourth-order valence-corrected chi connectivity index (χ4v) is 3.07. The van der Waals surface area contributed by atoms with E-state index in [1.54, 1.807) is 0 Å². The molecule has 20 heavy (non-hydrogen) atoms. The number of hydrogen-bond acceptors (Lipinski definition) is 3. The quantitative estimate of drug-likeness (QED) is 0.921. The fourth-order valence-electron chi connectivity index (χ4n) is 2.60. The van der Waals surface area contributed by atoms with Crippen LogP contribution in [0.4, 0.5) is 0 Å². The van der Waals surface area contributed by atoms with Crippen LogP contribution in [0.2, 0.25) is 10.0 Å². The molecule has 3 nitrogen and oxygen atoms in total. The first kappa shape index (κ1) is 16.1. The zero-order valence-electron chi connectivity index (χ0n) is 12.4. The summed E-state index contributed by atoms with van der Waals surface area (Å²) in [6.07, 6.45) is 0. The summed E-state index contributed by atoms with van der Waals surface area (Å²) in [4.78, 5) is 4.79. The first-order valence-corrected chi connectivity index (χ1v) is 7.80. The highest BCUT2D eigenvalue weighted by atomic mass is 35.5. The van der Waals surface area contributed by atoms with Gasteiger partial charge in [0, 0.05) is 38.3 Å². The van der Waals surface area contributed by atoms with E-state index in [-0.39, 0.29) is 6.04 Å². The van der Waals surface area contributed by atoms with E-state index in [9.17, 15) is 0 Å². The lowest BCUT2D eigenvalue weighted by atomic mass is 10.1. The Morgan fingerprint density at radius 3 is 2.80 bits per heavy atom. The second-order valence-corrected chi connectivity index (χ2v) is 6.45. The van der Waals surface area contributed by atoms with Gasteiger partial charge in [-0.15, -0.1) is 0 Å². The highest BCUT2D eigenvalue weighted by Crippen LogP contribution is 2.29. The Kier molecular flexibility index (Phi) is 5.70. The van der Waals surface area contributed by atoms with Crippen LogP contribution in [0.25, 0.3) is 0 Å². The predicted octanol–water partition coefficient (Wildman–Crippen LogP) is 2.89. The first-order valence-electron chi connectivity index (χ1n) is 7.05. The zero-order valence-corrected chi connectivity index (χ0v) is 13.9. The molecular formula is C15H23Cl2N3. The Morgan fingerprint density at radius 1 is 1.30 bits per heavy atom. The molecule has 1 aliphatic rings. The van der Waals surface area contributed by atoms with Gasteiger partial charge in [0.2, 0.25) is 0 Å². The number of benzene rings is 1. The van der Waals surface area contributed by atoms with Gasteiger partial charge in [0.15, 0.2) is 0 Å². The number of halogens is 2. The number of likely N-dealkylation sites (N-methyl/N-ethyl adjacent to an activating group) is 2. The molecule has 1 heterocycles. The van der Waals surface area contributed by atoms with Gasteiger partial charge in [0.25, 0.3) is 0 Å². The molecule has 1 aromatic carbocycles. The summed E-state index contributed by atoms with van der Waals surface area (Å²) in [5, 5.41) is 4.85. The maximum absolute atomic E-state index is 6.27. The van der Waals surface area contributed by atoms with Crippen LogP contribution in [0.1, 0.15) is 18.5 Å². The molecule has 1 aliphatic heterocycles. The number of nitrogens with zero attached hydrogens (tertiary/aromatic N) is 2. The fraction of sp³-hybridized carbons (Fsp3) is 0.600. The minimum atomic E-state index is 0.196. The molecule has 5 heteroatoms. The molecule has 0 amide bonds. The van der Waals surface area contributed by atoms with E-state index in [4.69, 9.17) is 23.2 Å². The van der Waals surface area contributed by atoms with Gasteiger partial charge in [-0.2, -0.15) is 0 Å². The minimum absolute atomic E-state index is 0.196. The third-order valence-electron chi connectivity index (χ3n) is 4.09. The van der Waals surface area contributed by atoms with Crippen molar-refractivity contribution in [1.29, 1.82) is 0 Å². The van der Waals surface area contributed by atoms with Crippen LogP contribution in [-0.2, 0) is 0 Å². The van der Waals surface area contributed by atoms with Gasteiger partial charge >= 0.3 is 0 Å². The van der Waals surface area contributed by atoms with Crippen molar-refractivity contribution in [3.8, 4) is 0 Å². The average Bonchev–Trinajstić information content (AvgIpc) is 2.42. The van der Waals surface area contributed by atoms with Gasteiger partial charge in [-0.05, 0) is 32.6 Å². The summed E-state index contributed by atoms with van der Waals surface area (Å²) in [6.45, 7) is 6.44. The maximum atomic E-state index is 6.27. The molecule has 0 spiro atoms. The normalized spacial score (nSPS) is 22.9. The van der Waals surface area contributed by atoms with Crippen LogP contribution in [0, 0.1) is 0 Å². The van der Waals surface area contributed by atoms with Crippen molar-refractivity contribution in [2.24, 2.45) is 0 Å². The Labute approximate surface area is 131 Å². The molecule has 1 N–H and O–H groups in total. The molecule has 0 aliphatic carbocycles. The number of rotatable bonds is 4. The molecule has 1 fully saturated rings. The molecule has 0 bridgehead atoms. The third kappa shape index (κ3) is 3.86. The molecule has 112 valence electrons. The molecule has 1 saturated heterocycles. The van der Waals surface area contributed by atoms with Crippen molar-refractivity contribution in [2.75, 3.05) is 40.3 Å². The Morgan fingerprint density at radius 2 is 2.05 bits per heavy atom. The van der Waals surface area contributed by atoms with Crippen LogP contribution < -0.4 is 5.32 Å². The van der Waals surface area contributed by atoms with E-state index in [0.717, 1.165) is 31.7 Å². The van der Waals surface area contributed by atoms with Crippen LogP contribution in [0.3, 0.4) is 0 Å². The van der Waals surface area contributed by atoms with Gasteiger partial charge in [-0.25, -0.2) is 0 Å². The van der Waals surface area contributed by atoms with E-state index in [1.807, 2.05) is 18.2 Å². The van der Waals surface area contributed by atoms with Crippen molar-refractivity contribution in [2.45, 2.75) is 19.0 Å². The zero-order chi connectivity index (χ0) is 14.7. The van der Waals surface area contributed by atoms with Crippen LogP contribution in [0.15, 0.2) is 18.2 Å². The Balaban J connectivity index is 1.94. The van der Waals surface area contributed by atoms with Gasteiger partial charge in [0.1, 0.15) is 0 Å².